The number of rotatable bonds is 3. The Bertz CT molecular complexity index is 454. The van der Waals surface area contributed by atoms with Crippen molar-refractivity contribution in [1.82, 2.24) is 5.32 Å². The maximum atomic E-state index is 11.9. The number of nitrogens with two attached hydrogens (primary N) is 1. The summed E-state index contributed by atoms with van der Waals surface area (Å²) in [5, 5.41) is 15.2. The lowest BCUT2D eigenvalue weighted by Gasteiger charge is -2.26. The van der Waals surface area contributed by atoms with Gasteiger partial charge in [-0.1, -0.05) is 12.1 Å². The lowest BCUT2D eigenvalue weighted by atomic mass is 9.93. The van der Waals surface area contributed by atoms with E-state index in [-0.39, 0.29) is 24.2 Å². The van der Waals surface area contributed by atoms with Crippen molar-refractivity contribution >= 4 is 11.7 Å². The highest BCUT2D eigenvalue weighted by atomic mass is 16.3. The zero-order valence-corrected chi connectivity index (χ0v) is 11.8. The summed E-state index contributed by atoms with van der Waals surface area (Å²) < 4.78 is 0. The van der Waals surface area contributed by atoms with E-state index in [4.69, 9.17) is 5.73 Å². The second kappa shape index (κ2) is 6.72. The maximum absolute atomic E-state index is 11.9. The lowest BCUT2D eigenvalue weighted by molar-refractivity contribution is 0.118. The van der Waals surface area contributed by atoms with Gasteiger partial charge in [-0.05, 0) is 50.3 Å². The molecule has 0 heterocycles. The molecule has 0 spiro atoms. The van der Waals surface area contributed by atoms with Gasteiger partial charge in [0.2, 0.25) is 0 Å². The van der Waals surface area contributed by atoms with Crippen molar-refractivity contribution in [3.8, 4) is 0 Å². The van der Waals surface area contributed by atoms with Crippen LogP contribution < -0.4 is 16.4 Å². The highest BCUT2D eigenvalue weighted by Crippen LogP contribution is 2.19. The van der Waals surface area contributed by atoms with Gasteiger partial charge in [-0.25, -0.2) is 4.79 Å². The number of urea groups is 1. The normalized spacial score (nSPS) is 23.9. The van der Waals surface area contributed by atoms with E-state index >= 15 is 0 Å². The van der Waals surface area contributed by atoms with Gasteiger partial charge in [0.15, 0.2) is 0 Å². The van der Waals surface area contributed by atoms with E-state index in [0.29, 0.717) is 0 Å². The Labute approximate surface area is 119 Å². The Morgan fingerprint density at radius 2 is 2.05 bits per heavy atom. The van der Waals surface area contributed by atoms with Crippen LogP contribution in [0.2, 0.25) is 0 Å². The molecule has 2 amide bonds. The number of hydrogen-bond donors (Lipinski definition) is 4. The summed E-state index contributed by atoms with van der Waals surface area (Å²) in [4.78, 5) is 11.9. The molecule has 5 N–H and O–H groups in total. The van der Waals surface area contributed by atoms with Crippen molar-refractivity contribution in [3.63, 3.8) is 0 Å². The van der Waals surface area contributed by atoms with Crippen molar-refractivity contribution in [3.05, 3.63) is 29.8 Å². The molecule has 0 aromatic heterocycles. The minimum Gasteiger partial charge on any atom is -0.393 e. The molecule has 0 aliphatic heterocycles. The number of amides is 2. The first-order valence-corrected chi connectivity index (χ1v) is 7.15. The quantitative estimate of drug-likeness (QED) is 0.682. The summed E-state index contributed by atoms with van der Waals surface area (Å²) >= 11 is 0. The Kier molecular flexibility index (Phi) is 4.98. The number of carbonyl (C=O) groups excluding carboxylic acids is 1. The van der Waals surface area contributed by atoms with Crippen LogP contribution in [0.25, 0.3) is 0 Å². The SMILES string of the molecule is CC(N)c1cccc(NC(=O)NC2CCC(O)CC2)c1. The monoisotopic (exact) mass is 277 g/mol. The van der Waals surface area contributed by atoms with Crippen molar-refractivity contribution in [2.24, 2.45) is 5.73 Å². The van der Waals surface area contributed by atoms with Gasteiger partial charge in [-0.15, -0.1) is 0 Å². The van der Waals surface area contributed by atoms with Crippen LogP contribution in [0.5, 0.6) is 0 Å². The molecule has 1 aromatic carbocycles. The molecular weight excluding hydrogens is 254 g/mol. The third kappa shape index (κ3) is 4.21. The molecule has 1 aromatic rings. The van der Waals surface area contributed by atoms with Gasteiger partial charge in [0.25, 0.3) is 0 Å². The zero-order valence-electron chi connectivity index (χ0n) is 11.8. The smallest absolute Gasteiger partial charge is 0.319 e. The van der Waals surface area contributed by atoms with E-state index in [2.05, 4.69) is 10.6 Å². The van der Waals surface area contributed by atoms with E-state index in [1.165, 1.54) is 0 Å². The Hall–Kier alpha value is -1.59. The molecule has 20 heavy (non-hydrogen) atoms. The fraction of sp³-hybridized carbons (Fsp3) is 0.533. The molecule has 1 unspecified atom stereocenters. The van der Waals surface area contributed by atoms with Crippen LogP contribution in [-0.4, -0.2) is 23.3 Å². The highest BCUT2D eigenvalue weighted by molar-refractivity contribution is 5.89. The van der Waals surface area contributed by atoms with E-state index < -0.39 is 0 Å². The largest absolute Gasteiger partial charge is 0.393 e. The van der Waals surface area contributed by atoms with Crippen molar-refractivity contribution < 1.29 is 9.90 Å². The molecule has 0 bridgehead atoms. The van der Waals surface area contributed by atoms with Gasteiger partial charge in [0.1, 0.15) is 0 Å². The predicted octanol–water partition coefficient (Wildman–Crippen LogP) is 2.13. The summed E-state index contributed by atoms with van der Waals surface area (Å²) in [6.45, 7) is 1.91. The first-order chi connectivity index (χ1) is 9.54. The van der Waals surface area contributed by atoms with E-state index in [0.717, 1.165) is 36.9 Å². The molecule has 0 saturated heterocycles. The molecule has 110 valence electrons. The van der Waals surface area contributed by atoms with E-state index in [1.54, 1.807) is 0 Å². The third-order valence-electron chi connectivity index (χ3n) is 3.70. The summed E-state index contributed by atoms with van der Waals surface area (Å²) in [5.74, 6) is 0. The van der Waals surface area contributed by atoms with Gasteiger partial charge in [0, 0.05) is 17.8 Å². The van der Waals surface area contributed by atoms with Gasteiger partial charge in [-0.2, -0.15) is 0 Å². The van der Waals surface area contributed by atoms with Gasteiger partial charge >= 0.3 is 6.03 Å². The van der Waals surface area contributed by atoms with E-state index in [9.17, 15) is 9.90 Å². The minimum atomic E-state index is -0.209. The van der Waals surface area contributed by atoms with Gasteiger partial charge in [0.05, 0.1) is 6.10 Å². The van der Waals surface area contributed by atoms with Crippen LogP contribution in [0.3, 0.4) is 0 Å². The minimum absolute atomic E-state index is 0.0559. The first kappa shape index (κ1) is 14.8. The second-order valence-corrected chi connectivity index (χ2v) is 5.52. The molecule has 2 rings (SSSR count). The topological polar surface area (TPSA) is 87.4 Å². The standard InChI is InChI=1S/C15H23N3O2/c1-10(16)11-3-2-4-13(9-11)18-15(20)17-12-5-7-14(19)8-6-12/h2-4,9-10,12,14,19H,5-8,16H2,1H3,(H2,17,18,20). The molecular formula is C15H23N3O2. The van der Waals surface area contributed by atoms with Crippen LogP contribution in [0.1, 0.15) is 44.2 Å². The van der Waals surface area contributed by atoms with Crippen molar-refractivity contribution in [2.45, 2.75) is 50.8 Å². The fourth-order valence-electron chi connectivity index (χ4n) is 2.47. The number of hydrogen-bond acceptors (Lipinski definition) is 3. The molecule has 5 heteroatoms. The maximum Gasteiger partial charge on any atom is 0.319 e. The van der Waals surface area contributed by atoms with E-state index in [1.807, 2.05) is 31.2 Å². The number of aliphatic hydroxyl groups is 1. The highest BCUT2D eigenvalue weighted by Gasteiger charge is 2.20. The Morgan fingerprint density at radius 3 is 2.70 bits per heavy atom. The molecule has 1 fully saturated rings. The third-order valence-corrected chi connectivity index (χ3v) is 3.70. The summed E-state index contributed by atoms with van der Waals surface area (Å²) in [5.41, 5.74) is 7.56. The average molecular weight is 277 g/mol. The molecule has 1 aliphatic carbocycles. The fourth-order valence-corrected chi connectivity index (χ4v) is 2.47. The lowest BCUT2D eigenvalue weighted by Crippen LogP contribution is -2.40. The van der Waals surface area contributed by atoms with Crippen LogP contribution in [0, 0.1) is 0 Å². The van der Waals surface area contributed by atoms with Gasteiger partial charge < -0.3 is 21.5 Å². The number of anilines is 1. The van der Waals surface area contributed by atoms with Crippen molar-refractivity contribution in [1.29, 1.82) is 0 Å². The summed E-state index contributed by atoms with van der Waals surface area (Å²) in [6, 6.07) is 7.44. The Morgan fingerprint density at radius 1 is 1.35 bits per heavy atom. The number of aliphatic hydroxyl groups excluding tert-OH is 1. The number of carbonyl (C=O) groups is 1. The zero-order chi connectivity index (χ0) is 14.5. The van der Waals surface area contributed by atoms with Crippen molar-refractivity contribution in [2.75, 3.05) is 5.32 Å². The van der Waals surface area contributed by atoms with Crippen LogP contribution in [-0.2, 0) is 0 Å². The second-order valence-electron chi connectivity index (χ2n) is 5.52. The number of benzene rings is 1. The van der Waals surface area contributed by atoms with Crippen LogP contribution in [0.4, 0.5) is 10.5 Å². The summed E-state index contributed by atoms with van der Waals surface area (Å²) in [7, 11) is 0. The van der Waals surface area contributed by atoms with Crippen LogP contribution in [0.15, 0.2) is 24.3 Å². The van der Waals surface area contributed by atoms with Gasteiger partial charge in [-0.3, -0.25) is 0 Å². The predicted molar refractivity (Wildman–Crippen MR) is 79.5 cm³/mol. The molecule has 0 radical (unpaired) electrons. The average Bonchev–Trinajstić information content (AvgIpc) is 2.41. The molecule has 1 aliphatic rings. The number of nitrogens with one attached hydrogen (secondary N) is 2. The molecule has 5 nitrogen and oxygen atoms in total. The molecule has 1 atom stereocenters. The molecule has 1 saturated carbocycles. The summed E-state index contributed by atoms with van der Waals surface area (Å²) in [6.07, 6.45) is 2.96. The Balaban J connectivity index is 1.86. The first-order valence-electron chi connectivity index (χ1n) is 7.15. The van der Waals surface area contributed by atoms with Crippen LogP contribution >= 0.6 is 0 Å².